The van der Waals surface area contributed by atoms with Crippen molar-refractivity contribution < 1.29 is 9.53 Å². The number of ether oxygens (including phenoxy) is 1. The Hall–Kier alpha value is -2.69. The molecule has 0 aliphatic heterocycles. The van der Waals surface area contributed by atoms with Gasteiger partial charge in [-0.05, 0) is 23.3 Å². The summed E-state index contributed by atoms with van der Waals surface area (Å²) in [7, 11) is 1.58. The van der Waals surface area contributed by atoms with Gasteiger partial charge >= 0.3 is 0 Å². The van der Waals surface area contributed by atoms with Crippen LogP contribution in [-0.2, 0) is 11.3 Å². The first kappa shape index (κ1) is 14.7. The number of benzene rings is 2. The van der Waals surface area contributed by atoms with E-state index < -0.39 is 6.04 Å². The first-order chi connectivity index (χ1) is 10.2. The number of hydrogen-bond acceptors (Lipinski definition) is 4. The molecule has 5 heteroatoms. The number of carbonyl (C=O) groups excluding carboxylic acids is 1. The summed E-state index contributed by atoms with van der Waals surface area (Å²) >= 11 is 0. The Kier molecular flexibility index (Phi) is 5.04. The van der Waals surface area contributed by atoms with E-state index in [4.69, 9.17) is 10.3 Å². The van der Waals surface area contributed by atoms with E-state index >= 15 is 0 Å². The molecule has 1 amide bonds. The second-order valence-corrected chi connectivity index (χ2v) is 4.51. The monoisotopic (exact) mass is 283 g/mol. The van der Waals surface area contributed by atoms with Crippen LogP contribution in [0, 0.1) is 5.53 Å². The standard InChI is InChI=1S/C16H17N3O2/c1-21-14-9-7-13(8-10-14)15(19-17)16(20)18-11-12-5-3-2-4-6-12/h2-10,15,17H,11H2,1H3,(H,18,20). The van der Waals surface area contributed by atoms with Crippen LogP contribution in [0.15, 0.2) is 59.7 Å². The zero-order valence-corrected chi connectivity index (χ0v) is 11.7. The quantitative estimate of drug-likeness (QED) is 0.799. The van der Waals surface area contributed by atoms with E-state index in [1.807, 2.05) is 30.3 Å². The summed E-state index contributed by atoms with van der Waals surface area (Å²) in [6.45, 7) is 0.419. The third-order valence-electron chi connectivity index (χ3n) is 3.12. The molecule has 108 valence electrons. The molecule has 0 saturated carbocycles. The lowest BCUT2D eigenvalue weighted by Gasteiger charge is -2.12. The molecule has 1 unspecified atom stereocenters. The number of amides is 1. The van der Waals surface area contributed by atoms with Gasteiger partial charge in [0.25, 0.3) is 5.91 Å². The molecular formula is C16H17N3O2. The molecule has 2 aromatic rings. The molecule has 5 nitrogen and oxygen atoms in total. The van der Waals surface area contributed by atoms with Crippen LogP contribution in [0.25, 0.3) is 0 Å². The maximum atomic E-state index is 12.1. The Bertz CT molecular complexity index is 597. The molecule has 0 saturated heterocycles. The van der Waals surface area contributed by atoms with E-state index in [-0.39, 0.29) is 5.91 Å². The van der Waals surface area contributed by atoms with Gasteiger partial charge in [-0.3, -0.25) is 4.79 Å². The topological polar surface area (TPSA) is 74.5 Å². The Labute approximate surface area is 123 Å². The van der Waals surface area contributed by atoms with Gasteiger partial charge in [-0.25, -0.2) is 5.53 Å². The number of rotatable bonds is 6. The minimum absolute atomic E-state index is 0.293. The average Bonchev–Trinajstić information content (AvgIpc) is 2.55. The van der Waals surface area contributed by atoms with Crippen molar-refractivity contribution in [2.24, 2.45) is 5.11 Å². The van der Waals surface area contributed by atoms with Gasteiger partial charge in [0, 0.05) is 6.54 Å². The van der Waals surface area contributed by atoms with Gasteiger partial charge < -0.3 is 10.1 Å². The Balaban J connectivity index is 2.02. The zero-order chi connectivity index (χ0) is 15.1. The van der Waals surface area contributed by atoms with Crippen LogP contribution in [0.1, 0.15) is 17.2 Å². The SMILES string of the molecule is COc1ccc(C(N=N)C(=O)NCc2ccccc2)cc1. The third-order valence-corrected chi connectivity index (χ3v) is 3.12. The molecular weight excluding hydrogens is 266 g/mol. The van der Waals surface area contributed by atoms with Crippen molar-refractivity contribution in [1.29, 1.82) is 5.53 Å². The average molecular weight is 283 g/mol. The van der Waals surface area contributed by atoms with Crippen molar-refractivity contribution in [2.75, 3.05) is 7.11 Å². The summed E-state index contributed by atoms with van der Waals surface area (Å²) in [6, 6.07) is 15.8. The summed E-state index contributed by atoms with van der Waals surface area (Å²) in [5.41, 5.74) is 8.91. The van der Waals surface area contributed by atoms with Crippen LogP contribution in [0.3, 0.4) is 0 Å². The van der Waals surface area contributed by atoms with Gasteiger partial charge in [0.15, 0.2) is 6.04 Å². The number of nitrogens with one attached hydrogen (secondary N) is 2. The van der Waals surface area contributed by atoms with E-state index in [0.29, 0.717) is 17.9 Å². The smallest absolute Gasteiger partial charge is 0.251 e. The fourth-order valence-electron chi connectivity index (χ4n) is 1.95. The number of hydrogen-bond donors (Lipinski definition) is 2. The van der Waals surface area contributed by atoms with Gasteiger partial charge in [-0.1, -0.05) is 42.5 Å². The van der Waals surface area contributed by atoms with Crippen molar-refractivity contribution in [3.05, 3.63) is 65.7 Å². The lowest BCUT2D eigenvalue weighted by atomic mass is 10.1. The molecule has 1 atom stereocenters. The summed E-state index contributed by atoms with van der Waals surface area (Å²) in [5.74, 6) is 0.409. The van der Waals surface area contributed by atoms with Crippen LogP contribution in [0.4, 0.5) is 0 Å². The predicted octanol–water partition coefficient (Wildman–Crippen LogP) is 3.08. The highest BCUT2D eigenvalue weighted by Crippen LogP contribution is 2.20. The van der Waals surface area contributed by atoms with E-state index in [2.05, 4.69) is 10.4 Å². The molecule has 21 heavy (non-hydrogen) atoms. The maximum Gasteiger partial charge on any atom is 0.251 e. The second-order valence-electron chi connectivity index (χ2n) is 4.51. The van der Waals surface area contributed by atoms with Gasteiger partial charge in [0.05, 0.1) is 7.11 Å². The van der Waals surface area contributed by atoms with Crippen LogP contribution < -0.4 is 10.1 Å². The molecule has 0 aromatic heterocycles. The third kappa shape index (κ3) is 3.89. The molecule has 0 aliphatic carbocycles. The van der Waals surface area contributed by atoms with Crippen LogP contribution in [0.2, 0.25) is 0 Å². The Morgan fingerprint density at radius 1 is 1.19 bits per heavy atom. The highest BCUT2D eigenvalue weighted by molar-refractivity contribution is 5.83. The van der Waals surface area contributed by atoms with Gasteiger partial charge in [0.2, 0.25) is 0 Å². The molecule has 0 heterocycles. The number of carbonyl (C=O) groups is 1. The van der Waals surface area contributed by atoms with Gasteiger partial charge in [-0.15, -0.1) is 0 Å². The van der Waals surface area contributed by atoms with Crippen LogP contribution in [-0.4, -0.2) is 13.0 Å². The van der Waals surface area contributed by atoms with E-state index in [1.54, 1.807) is 31.4 Å². The maximum absolute atomic E-state index is 12.1. The Morgan fingerprint density at radius 2 is 1.86 bits per heavy atom. The summed E-state index contributed by atoms with van der Waals surface area (Å²) in [5, 5.41) is 6.22. The van der Waals surface area contributed by atoms with Crippen molar-refractivity contribution >= 4 is 5.91 Å². The van der Waals surface area contributed by atoms with E-state index in [0.717, 1.165) is 5.56 Å². The number of nitrogens with zero attached hydrogens (tertiary/aromatic N) is 1. The summed E-state index contributed by atoms with van der Waals surface area (Å²) in [4.78, 5) is 12.1. The van der Waals surface area contributed by atoms with E-state index in [9.17, 15) is 4.79 Å². The lowest BCUT2D eigenvalue weighted by Crippen LogP contribution is -2.27. The Morgan fingerprint density at radius 3 is 2.43 bits per heavy atom. The molecule has 0 aliphatic rings. The summed E-state index contributed by atoms with van der Waals surface area (Å²) < 4.78 is 5.07. The second kappa shape index (κ2) is 7.19. The van der Waals surface area contributed by atoms with Gasteiger partial charge in [0.1, 0.15) is 5.75 Å². The minimum Gasteiger partial charge on any atom is -0.497 e. The fraction of sp³-hybridized carbons (Fsp3) is 0.188. The zero-order valence-electron chi connectivity index (χ0n) is 11.7. The fourth-order valence-corrected chi connectivity index (χ4v) is 1.95. The predicted molar refractivity (Wildman–Crippen MR) is 79.2 cm³/mol. The summed E-state index contributed by atoms with van der Waals surface area (Å²) in [6.07, 6.45) is 0. The number of methoxy groups -OCH3 is 1. The van der Waals surface area contributed by atoms with Crippen molar-refractivity contribution in [2.45, 2.75) is 12.6 Å². The highest BCUT2D eigenvalue weighted by Gasteiger charge is 2.19. The van der Waals surface area contributed by atoms with E-state index in [1.165, 1.54) is 0 Å². The van der Waals surface area contributed by atoms with Crippen molar-refractivity contribution in [3.63, 3.8) is 0 Å². The molecule has 0 radical (unpaired) electrons. The largest absolute Gasteiger partial charge is 0.497 e. The first-order valence-corrected chi connectivity index (χ1v) is 6.56. The molecule has 2 N–H and O–H groups in total. The normalized spacial score (nSPS) is 11.5. The highest BCUT2D eigenvalue weighted by atomic mass is 16.5. The molecule has 2 aromatic carbocycles. The molecule has 0 spiro atoms. The van der Waals surface area contributed by atoms with Crippen LogP contribution >= 0.6 is 0 Å². The minimum atomic E-state index is -0.834. The van der Waals surface area contributed by atoms with Crippen LogP contribution in [0.5, 0.6) is 5.75 Å². The first-order valence-electron chi connectivity index (χ1n) is 6.56. The molecule has 0 bridgehead atoms. The van der Waals surface area contributed by atoms with Crippen molar-refractivity contribution in [3.8, 4) is 5.75 Å². The molecule has 2 rings (SSSR count). The lowest BCUT2D eigenvalue weighted by molar-refractivity contribution is -0.122. The molecule has 0 fully saturated rings. The van der Waals surface area contributed by atoms with Gasteiger partial charge in [-0.2, -0.15) is 5.11 Å². The van der Waals surface area contributed by atoms with Crippen molar-refractivity contribution in [1.82, 2.24) is 5.32 Å².